The van der Waals surface area contributed by atoms with Gasteiger partial charge in [0.05, 0.1) is 12.1 Å². The van der Waals surface area contributed by atoms with Gasteiger partial charge < -0.3 is 19.7 Å². The molecule has 44 heavy (non-hydrogen) atoms. The van der Waals surface area contributed by atoms with E-state index in [0.717, 1.165) is 29.3 Å². The molecule has 8 nitrogen and oxygen atoms in total. The van der Waals surface area contributed by atoms with Crippen molar-refractivity contribution in [3.63, 3.8) is 0 Å². The number of hydrogen-bond acceptors (Lipinski definition) is 5. The third kappa shape index (κ3) is 7.93. The highest BCUT2D eigenvalue weighted by atomic mass is 19.4. The predicted octanol–water partition coefficient (Wildman–Crippen LogP) is 6.14. The molecule has 0 unspecified atom stereocenters. The number of nitrogens with one attached hydrogen (secondary N) is 1. The van der Waals surface area contributed by atoms with Gasteiger partial charge >= 0.3 is 6.18 Å². The Morgan fingerprint density at radius 1 is 0.977 bits per heavy atom. The molecular weight excluding hydrogens is 580 g/mol. The average Bonchev–Trinajstić information content (AvgIpc) is 3.41. The minimum absolute atomic E-state index is 0.0376. The second kappa shape index (κ2) is 13.5. The first-order valence-corrected chi connectivity index (χ1v) is 14.3. The number of ether oxygens (including phenoxy) is 2. The van der Waals surface area contributed by atoms with Crippen LogP contribution in [0.4, 0.5) is 17.6 Å². The summed E-state index contributed by atoms with van der Waals surface area (Å²) in [4.78, 5) is 27.6. The van der Waals surface area contributed by atoms with E-state index in [-0.39, 0.29) is 30.8 Å². The van der Waals surface area contributed by atoms with Crippen LogP contribution in [0, 0.1) is 18.7 Å². The fourth-order valence-electron chi connectivity index (χ4n) is 5.21. The summed E-state index contributed by atoms with van der Waals surface area (Å²) in [6, 6.07) is 16.0. The molecule has 2 amide bonds. The number of halogens is 4. The number of fused-ring (bicyclic) bond motifs is 1. The van der Waals surface area contributed by atoms with Crippen LogP contribution in [-0.2, 0) is 11.3 Å². The first-order chi connectivity index (χ1) is 21.1. The van der Waals surface area contributed by atoms with E-state index in [2.05, 4.69) is 15.2 Å². The number of carbonyl (C=O) groups is 2. The van der Waals surface area contributed by atoms with Crippen LogP contribution in [-0.4, -0.2) is 65.5 Å². The van der Waals surface area contributed by atoms with Crippen molar-refractivity contribution < 1.29 is 36.6 Å². The molecule has 0 spiro atoms. The lowest BCUT2D eigenvalue weighted by Crippen LogP contribution is -2.39. The van der Waals surface area contributed by atoms with Crippen molar-refractivity contribution in [2.75, 3.05) is 32.8 Å². The van der Waals surface area contributed by atoms with E-state index in [0.29, 0.717) is 48.2 Å². The molecule has 2 heterocycles. The standard InChI is InChI=1S/C32H32F4N4O4/c1-21-27(30(41)37-14-17-43-20-32(34,35)36)10-11-29-28(21)19-40(38-29)18-22-12-15-39(16-13-22)31(42)23-2-6-25(7-3-23)44-26-8-4-24(33)5-9-26/h2-11,19,22H,12-18,20H2,1H3,(H,37,41). The van der Waals surface area contributed by atoms with Crippen LogP contribution in [0.1, 0.15) is 39.1 Å². The molecule has 0 bridgehead atoms. The Morgan fingerprint density at radius 3 is 2.30 bits per heavy atom. The third-order valence-electron chi connectivity index (χ3n) is 7.55. The Kier molecular flexibility index (Phi) is 9.48. The Labute approximate surface area is 251 Å². The van der Waals surface area contributed by atoms with Crippen LogP contribution in [0.3, 0.4) is 0 Å². The van der Waals surface area contributed by atoms with E-state index in [9.17, 15) is 27.2 Å². The summed E-state index contributed by atoms with van der Waals surface area (Å²) in [7, 11) is 0. The van der Waals surface area contributed by atoms with Crippen LogP contribution in [0.15, 0.2) is 66.9 Å². The van der Waals surface area contributed by atoms with Gasteiger partial charge in [0.1, 0.15) is 23.9 Å². The maximum absolute atomic E-state index is 13.1. The molecule has 3 aromatic carbocycles. The first kappa shape index (κ1) is 31.0. The minimum atomic E-state index is -4.40. The predicted molar refractivity (Wildman–Crippen MR) is 155 cm³/mol. The number of benzene rings is 3. The van der Waals surface area contributed by atoms with E-state index >= 15 is 0 Å². The quantitative estimate of drug-likeness (QED) is 0.172. The average molecular weight is 613 g/mol. The number of piperidine rings is 1. The highest BCUT2D eigenvalue weighted by molar-refractivity contribution is 6.00. The molecule has 0 saturated carbocycles. The van der Waals surface area contributed by atoms with Crippen LogP contribution in [0.5, 0.6) is 11.5 Å². The zero-order valence-corrected chi connectivity index (χ0v) is 24.1. The highest BCUT2D eigenvalue weighted by Gasteiger charge is 2.27. The van der Waals surface area contributed by atoms with Gasteiger partial charge in [-0.2, -0.15) is 18.3 Å². The summed E-state index contributed by atoms with van der Waals surface area (Å²) in [5.41, 5.74) is 2.47. The number of carbonyl (C=O) groups excluding carboxylic acids is 2. The Hall–Kier alpha value is -4.45. The Balaban J connectivity index is 1.11. The monoisotopic (exact) mass is 612 g/mol. The summed E-state index contributed by atoms with van der Waals surface area (Å²) in [5, 5.41) is 8.09. The zero-order valence-electron chi connectivity index (χ0n) is 24.1. The summed E-state index contributed by atoms with van der Waals surface area (Å²) in [6.45, 7) is 2.09. The molecule has 1 fully saturated rings. The molecule has 0 aliphatic carbocycles. The first-order valence-electron chi connectivity index (χ1n) is 14.3. The van der Waals surface area contributed by atoms with Crippen molar-refractivity contribution >= 4 is 22.7 Å². The minimum Gasteiger partial charge on any atom is -0.457 e. The maximum atomic E-state index is 13.1. The van der Waals surface area contributed by atoms with E-state index < -0.39 is 12.8 Å². The number of rotatable bonds is 10. The third-order valence-corrected chi connectivity index (χ3v) is 7.55. The Morgan fingerprint density at radius 2 is 1.64 bits per heavy atom. The molecule has 0 radical (unpaired) electrons. The summed E-state index contributed by atoms with van der Waals surface area (Å²) in [6.07, 6.45) is -0.868. The topological polar surface area (TPSA) is 85.7 Å². The zero-order chi connectivity index (χ0) is 31.3. The molecule has 12 heteroatoms. The summed E-state index contributed by atoms with van der Waals surface area (Å²) >= 11 is 0. The maximum Gasteiger partial charge on any atom is 0.411 e. The fourth-order valence-corrected chi connectivity index (χ4v) is 5.21. The van der Waals surface area contributed by atoms with Gasteiger partial charge in [-0.05, 0) is 91.9 Å². The number of aryl methyl sites for hydroxylation is 1. The summed E-state index contributed by atoms with van der Waals surface area (Å²) in [5.74, 6) is 0.598. The van der Waals surface area contributed by atoms with E-state index in [4.69, 9.17) is 4.74 Å². The van der Waals surface area contributed by atoms with Crippen molar-refractivity contribution in [3.05, 3.63) is 89.4 Å². The van der Waals surface area contributed by atoms with Gasteiger partial charge in [0.15, 0.2) is 0 Å². The number of nitrogens with zero attached hydrogens (tertiary/aromatic N) is 3. The molecule has 1 N–H and O–H groups in total. The van der Waals surface area contributed by atoms with Crippen LogP contribution in [0.25, 0.3) is 10.9 Å². The number of hydrogen-bond donors (Lipinski definition) is 1. The van der Waals surface area contributed by atoms with Gasteiger partial charge in [-0.15, -0.1) is 0 Å². The second-order valence-electron chi connectivity index (χ2n) is 10.8. The van der Waals surface area contributed by atoms with Gasteiger partial charge in [-0.25, -0.2) is 4.39 Å². The van der Waals surface area contributed by atoms with Crippen LogP contribution in [0.2, 0.25) is 0 Å². The molecule has 1 saturated heterocycles. The van der Waals surface area contributed by atoms with E-state index in [1.165, 1.54) is 24.3 Å². The number of amides is 2. The SMILES string of the molecule is Cc1c(C(=O)NCCOCC(F)(F)F)ccc2nn(CC3CCN(C(=O)c4ccc(Oc5ccc(F)cc5)cc4)CC3)cc12. The largest absolute Gasteiger partial charge is 0.457 e. The molecule has 1 aliphatic heterocycles. The van der Waals surface area contributed by atoms with Gasteiger partial charge in [0.25, 0.3) is 11.8 Å². The lowest BCUT2D eigenvalue weighted by molar-refractivity contribution is -0.173. The lowest BCUT2D eigenvalue weighted by atomic mass is 9.96. The van der Waals surface area contributed by atoms with E-state index in [1.54, 1.807) is 36.4 Å². The summed E-state index contributed by atoms with van der Waals surface area (Å²) < 4.78 is 61.8. The van der Waals surface area contributed by atoms with Gasteiger partial charge in [-0.1, -0.05) is 0 Å². The van der Waals surface area contributed by atoms with Crippen molar-refractivity contribution in [2.24, 2.45) is 5.92 Å². The van der Waals surface area contributed by atoms with Crippen LogP contribution < -0.4 is 10.1 Å². The fraction of sp³-hybridized carbons (Fsp3) is 0.344. The molecule has 0 atom stereocenters. The smallest absolute Gasteiger partial charge is 0.411 e. The molecule has 1 aromatic heterocycles. The lowest BCUT2D eigenvalue weighted by Gasteiger charge is -2.32. The molecule has 1 aliphatic rings. The van der Waals surface area contributed by atoms with Crippen molar-refractivity contribution in [1.29, 1.82) is 0 Å². The van der Waals surface area contributed by atoms with E-state index in [1.807, 2.05) is 22.7 Å². The van der Waals surface area contributed by atoms with Crippen molar-refractivity contribution in [3.8, 4) is 11.5 Å². The Bertz CT molecular complexity index is 1600. The normalized spacial score (nSPS) is 14.2. The van der Waals surface area contributed by atoms with Gasteiger partial charge in [0.2, 0.25) is 0 Å². The van der Waals surface area contributed by atoms with Crippen molar-refractivity contribution in [2.45, 2.75) is 32.5 Å². The molecule has 232 valence electrons. The number of likely N-dealkylation sites (tertiary alicyclic amines) is 1. The highest BCUT2D eigenvalue weighted by Crippen LogP contribution is 2.26. The molecular formula is C32H32F4N4O4. The second-order valence-corrected chi connectivity index (χ2v) is 10.8. The number of alkyl halides is 3. The van der Waals surface area contributed by atoms with Gasteiger partial charge in [0, 0.05) is 48.9 Å². The number of aromatic nitrogens is 2. The van der Waals surface area contributed by atoms with Gasteiger partial charge in [-0.3, -0.25) is 14.3 Å². The van der Waals surface area contributed by atoms with Crippen LogP contribution >= 0.6 is 0 Å². The van der Waals surface area contributed by atoms with Crippen molar-refractivity contribution in [1.82, 2.24) is 20.0 Å². The molecule has 5 rings (SSSR count). The molecule has 4 aromatic rings.